The molecule has 0 amide bonds. The van der Waals surface area contributed by atoms with Gasteiger partial charge in [0.05, 0.1) is 0 Å². The van der Waals surface area contributed by atoms with E-state index in [9.17, 15) is 0 Å². The average Bonchev–Trinajstić information content (AvgIpc) is 3.14. The third-order valence-corrected chi connectivity index (χ3v) is 4.90. The molecule has 0 aromatic rings. The number of hydrogen-bond donors (Lipinski definition) is 1. The van der Waals surface area contributed by atoms with Crippen molar-refractivity contribution in [2.75, 3.05) is 40.8 Å². The minimum Gasteiger partial charge on any atom is -0.355 e. The zero-order valence-electron chi connectivity index (χ0n) is 15.0. The molecular weight excluding hydrogens is 387 g/mol. The van der Waals surface area contributed by atoms with Crippen molar-refractivity contribution in [2.24, 2.45) is 22.7 Å². The van der Waals surface area contributed by atoms with E-state index in [1.807, 2.05) is 7.05 Å². The Bertz CT molecular complexity index is 351. The van der Waals surface area contributed by atoms with Gasteiger partial charge >= 0.3 is 0 Å². The topological polar surface area (TPSA) is 30.9 Å². The molecule has 1 saturated carbocycles. The molecule has 2 rings (SSSR count). The lowest BCUT2D eigenvalue weighted by atomic mass is 9.97. The Morgan fingerprint density at radius 3 is 2.45 bits per heavy atom. The largest absolute Gasteiger partial charge is 0.355 e. The normalized spacial score (nSPS) is 23.9. The van der Waals surface area contributed by atoms with Gasteiger partial charge in [0.25, 0.3) is 0 Å². The van der Waals surface area contributed by atoms with Crippen LogP contribution in [0.3, 0.4) is 0 Å². The van der Waals surface area contributed by atoms with Gasteiger partial charge in [0.2, 0.25) is 0 Å². The molecule has 1 aliphatic carbocycles. The molecule has 5 heteroatoms. The maximum atomic E-state index is 4.51. The fraction of sp³-hybridized carbons (Fsp3) is 0.941. The van der Waals surface area contributed by atoms with Crippen LogP contribution >= 0.6 is 24.0 Å². The van der Waals surface area contributed by atoms with Crippen LogP contribution in [0.1, 0.15) is 39.5 Å². The number of hydrogen-bond acceptors (Lipinski definition) is 2. The third kappa shape index (κ3) is 5.87. The Morgan fingerprint density at radius 1 is 1.27 bits per heavy atom. The van der Waals surface area contributed by atoms with Crippen molar-refractivity contribution < 1.29 is 0 Å². The van der Waals surface area contributed by atoms with Gasteiger partial charge in [-0.25, -0.2) is 0 Å². The number of rotatable bonds is 6. The van der Waals surface area contributed by atoms with E-state index >= 15 is 0 Å². The van der Waals surface area contributed by atoms with E-state index in [0.717, 1.165) is 36.8 Å². The van der Waals surface area contributed by atoms with E-state index < -0.39 is 0 Å². The summed E-state index contributed by atoms with van der Waals surface area (Å²) in [5.41, 5.74) is 0. The zero-order chi connectivity index (χ0) is 15.4. The van der Waals surface area contributed by atoms with Gasteiger partial charge in [-0.05, 0) is 57.5 Å². The molecule has 1 aliphatic heterocycles. The fourth-order valence-electron chi connectivity index (χ4n) is 3.66. The summed E-state index contributed by atoms with van der Waals surface area (Å²) in [4.78, 5) is 9.32. The molecule has 0 bridgehead atoms. The average molecular weight is 422 g/mol. The third-order valence-electron chi connectivity index (χ3n) is 4.90. The predicted molar refractivity (Wildman–Crippen MR) is 106 cm³/mol. The lowest BCUT2D eigenvalue weighted by Crippen LogP contribution is -2.47. The molecule has 2 aliphatic rings. The number of nitrogens with zero attached hydrogens (tertiary/aromatic N) is 3. The van der Waals surface area contributed by atoms with Crippen LogP contribution in [0.5, 0.6) is 0 Å². The number of halogens is 1. The number of likely N-dealkylation sites (tertiary alicyclic amines) is 1. The van der Waals surface area contributed by atoms with Crippen LogP contribution in [0.4, 0.5) is 0 Å². The number of guanidine groups is 1. The van der Waals surface area contributed by atoms with Crippen LogP contribution in [0.2, 0.25) is 0 Å². The molecule has 1 saturated heterocycles. The van der Waals surface area contributed by atoms with E-state index in [0.29, 0.717) is 6.04 Å². The summed E-state index contributed by atoms with van der Waals surface area (Å²) in [5, 5.41) is 3.62. The minimum absolute atomic E-state index is 0. The summed E-state index contributed by atoms with van der Waals surface area (Å²) in [5.74, 6) is 3.64. The first-order chi connectivity index (χ1) is 10.0. The molecule has 0 radical (unpaired) electrons. The second kappa shape index (κ2) is 9.30. The van der Waals surface area contributed by atoms with Crippen LogP contribution < -0.4 is 5.32 Å². The van der Waals surface area contributed by atoms with E-state index in [1.54, 1.807) is 0 Å². The monoisotopic (exact) mass is 422 g/mol. The maximum absolute atomic E-state index is 4.51. The summed E-state index contributed by atoms with van der Waals surface area (Å²) in [6, 6.07) is 0.649. The standard InChI is InChI=1S/C17H34N4.HI/c1-13(2)10-14-8-9-21(12-14)17(18-3)19-11-16(20(4)5)15-6-7-15;/h13-16H,6-12H2,1-5H3,(H,18,19);1H. The van der Waals surface area contributed by atoms with Gasteiger partial charge < -0.3 is 15.1 Å². The molecule has 2 unspecified atom stereocenters. The van der Waals surface area contributed by atoms with Gasteiger partial charge in [-0.2, -0.15) is 0 Å². The van der Waals surface area contributed by atoms with E-state index in [4.69, 9.17) is 0 Å². The minimum atomic E-state index is 0. The Morgan fingerprint density at radius 2 is 1.95 bits per heavy atom. The van der Waals surface area contributed by atoms with Gasteiger partial charge in [-0.1, -0.05) is 13.8 Å². The number of aliphatic imine (C=N–C) groups is 1. The SMILES string of the molecule is CN=C(NCC(C1CC1)N(C)C)N1CCC(CC(C)C)C1.I. The quantitative estimate of drug-likeness (QED) is 0.406. The molecule has 2 fully saturated rings. The number of nitrogens with one attached hydrogen (secondary N) is 1. The molecule has 130 valence electrons. The predicted octanol–water partition coefficient (Wildman–Crippen LogP) is 2.89. The molecule has 0 aromatic carbocycles. The summed E-state index contributed by atoms with van der Waals surface area (Å²) >= 11 is 0. The van der Waals surface area contributed by atoms with Crippen molar-refractivity contribution in [2.45, 2.75) is 45.6 Å². The second-order valence-corrected chi connectivity index (χ2v) is 7.53. The zero-order valence-corrected chi connectivity index (χ0v) is 17.3. The Labute approximate surface area is 154 Å². The Balaban J connectivity index is 0.00000242. The van der Waals surface area contributed by atoms with Crippen molar-refractivity contribution in [1.82, 2.24) is 15.1 Å². The fourth-order valence-corrected chi connectivity index (χ4v) is 3.66. The summed E-state index contributed by atoms with van der Waals surface area (Å²) in [6.45, 7) is 8.01. The van der Waals surface area contributed by atoms with Gasteiger partial charge in [-0.3, -0.25) is 4.99 Å². The number of likely N-dealkylation sites (N-methyl/N-ethyl adjacent to an activating group) is 1. The Hall–Kier alpha value is -0.0400. The van der Waals surface area contributed by atoms with Crippen LogP contribution in [0.15, 0.2) is 4.99 Å². The highest BCUT2D eigenvalue weighted by atomic mass is 127. The molecule has 22 heavy (non-hydrogen) atoms. The van der Waals surface area contributed by atoms with E-state index in [1.165, 1.54) is 32.2 Å². The first-order valence-electron chi connectivity index (χ1n) is 8.63. The second-order valence-electron chi connectivity index (χ2n) is 7.53. The van der Waals surface area contributed by atoms with Crippen molar-refractivity contribution >= 4 is 29.9 Å². The van der Waals surface area contributed by atoms with Gasteiger partial charge in [0.15, 0.2) is 5.96 Å². The first-order valence-corrected chi connectivity index (χ1v) is 8.63. The smallest absolute Gasteiger partial charge is 0.193 e. The summed E-state index contributed by atoms with van der Waals surface area (Å²) in [7, 11) is 6.31. The molecule has 4 nitrogen and oxygen atoms in total. The van der Waals surface area contributed by atoms with Crippen LogP contribution in [-0.2, 0) is 0 Å². The van der Waals surface area contributed by atoms with Crippen molar-refractivity contribution in [3.05, 3.63) is 0 Å². The van der Waals surface area contributed by atoms with Gasteiger partial charge in [0.1, 0.15) is 0 Å². The van der Waals surface area contributed by atoms with Crippen molar-refractivity contribution in [3.63, 3.8) is 0 Å². The molecule has 0 aromatic heterocycles. The van der Waals surface area contributed by atoms with Crippen molar-refractivity contribution in [1.29, 1.82) is 0 Å². The van der Waals surface area contributed by atoms with Crippen LogP contribution in [-0.4, -0.2) is 62.6 Å². The van der Waals surface area contributed by atoms with Gasteiger partial charge in [-0.15, -0.1) is 24.0 Å². The lowest BCUT2D eigenvalue weighted by molar-refractivity contribution is 0.261. The van der Waals surface area contributed by atoms with E-state index in [-0.39, 0.29) is 24.0 Å². The van der Waals surface area contributed by atoms with E-state index in [2.05, 4.69) is 48.1 Å². The van der Waals surface area contributed by atoms with Crippen molar-refractivity contribution in [3.8, 4) is 0 Å². The maximum Gasteiger partial charge on any atom is 0.193 e. The highest BCUT2D eigenvalue weighted by Gasteiger charge is 2.33. The molecule has 1 N–H and O–H groups in total. The van der Waals surface area contributed by atoms with Crippen LogP contribution in [0.25, 0.3) is 0 Å². The molecule has 1 heterocycles. The highest BCUT2D eigenvalue weighted by molar-refractivity contribution is 14.0. The van der Waals surface area contributed by atoms with Gasteiger partial charge in [0, 0.05) is 32.7 Å². The summed E-state index contributed by atoms with van der Waals surface area (Å²) < 4.78 is 0. The summed E-state index contributed by atoms with van der Waals surface area (Å²) in [6.07, 6.45) is 5.45. The molecular formula is C17H35IN4. The lowest BCUT2D eigenvalue weighted by Gasteiger charge is -2.28. The highest BCUT2D eigenvalue weighted by Crippen LogP contribution is 2.34. The Kier molecular flexibility index (Phi) is 8.46. The first kappa shape index (κ1) is 20.0. The van der Waals surface area contributed by atoms with Crippen LogP contribution in [0, 0.1) is 17.8 Å². The molecule has 0 spiro atoms. The molecule has 2 atom stereocenters.